The van der Waals surface area contributed by atoms with Crippen LogP contribution in [0.2, 0.25) is 0 Å². The van der Waals surface area contributed by atoms with E-state index in [1.165, 1.54) is 4.68 Å². The largest absolute Gasteiger partial charge is 0.490 e. The molecule has 1 aromatic heterocycles. The van der Waals surface area contributed by atoms with Gasteiger partial charge in [-0.15, -0.1) is 0 Å². The first-order valence-electron chi connectivity index (χ1n) is 11.6. The lowest BCUT2D eigenvalue weighted by molar-refractivity contribution is -0.137. The Morgan fingerprint density at radius 2 is 1.94 bits per heavy atom. The Hall–Kier alpha value is -2.76. The van der Waals surface area contributed by atoms with E-state index >= 15 is 0 Å². The molecule has 0 radical (unpaired) electrons. The number of aromatic nitrogens is 2. The molecule has 1 fully saturated rings. The van der Waals surface area contributed by atoms with E-state index < -0.39 is 0 Å². The minimum absolute atomic E-state index is 0.111. The molecule has 1 aliphatic heterocycles. The van der Waals surface area contributed by atoms with Gasteiger partial charge in [-0.1, -0.05) is 22.9 Å². The van der Waals surface area contributed by atoms with Crippen molar-refractivity contribution in [2.24, 2.45) is 5.10 Å². The molecule has 2 aromatic carbocycles. The minimum atomic E-state index is -0.250. The molecule has 1 saturated heterocycles. The monoisotopic (exact) mass is 620 g/mol. The van der Waals surface area contributed by atoms with Crippen LogP contribution in [0, 0.1) is 0 Å². The van der Waals surface area contributed by atoms with Gasteiger partial charge in [-0.3, -0.25) is 9.59 Å². The number of fused-ring (bicyclic) bond motifs is 1. The van der Waals surface area contributed by atoms with Crippen molar-refractivity contribution in [3.8, 4) is 11.5 Å². The predicted octanol–water partition coefficient (Wildman–Crippen LogP) is 4.00. The highest BCUT2D eigenvalue weighted by molar-refractivity contribution is 9.10. The molecule has 36 heavy (non-hydrogen) atoms. The Balaban J connectivity index is 1.61. The Labute approximate surface area is 225 Å². The zero-order valence-corrected chi connectivity index (χ0v) is 23.2. The number of aryl methyl sites for hydroxylation is 1. The van der Waals surface area contributed by atoms with Crippen molar-refractivity contribution in [1.82, 2.24) is 14.6 Å². The van der Waals surface area contributed by atoms with Gasteiger partial charge in [-0.05, 0) is 58.7 Å². The SMILES string of the molecule is CCOc1cc(C=Nn2c(CC)nc3ccc(Br)cc3c2=O)cc(Br)c1OCC(=O)N1CCOCC1. The van der Waals surface area contributed by atoms with Crippen molar-refractivity contribution in [1.29, 1.82) is 0 Å². The molecule has 0 N–H and O–H groups in total. The highest BCUT2D eigenvalue weighted by Gasteiger charge is 2.19. The van der Waals surface area contributed by atoms with E-state index in [4.69, 9.17) is 14.2 Å². The first kappa shape index (κ1) is 26.3. The van der Waals surface area contributed by atoms with Gasteiger partial charge in [-0.2, -0.15) is 9.78 Å². The smallest absolute Gasteiger partial charge is 0.282 e. The molecule has 11 heteroatoms. The molecular weight excluding hydrogens is 596 g/mol. The van der Waals surface area contributed by atoms with Crippen LogP contribution in [0.25, 0.3) is 10.9 Å². The minimum Gasteiger partial charge on any atom is -0.490 e. The van der Waals surface area contributed by atoms with E-state index in [0.717, 1.165) is 4.47 Å². The summed E-state index contributed by atoms with van der Waals surface area (Å²) in [6, 6.07) is 8.95. The Bertz CT molecular complexity index is 1350. The molecule has 0 spiro atoms. The molecule has 0 atom stereocenters. The van der Waals surface area contributed by atoms with Crippen LogP contribution in [-0.2, 0) is 16.0 Å². The molecule has 190 valence electrons. The van der Waals surface area contributed by atoms with Crippen LogP contribution < -0.4 is 15.0 Å². The van der Waals surface area contributed by atoms with Crippen molar-refractivity contribution in [3.63, 3.8) is 0 Å². The standard InChI is InChI=1S/C25H26Br2N4O5/c1-3-22-29-20-6-5-17(26)13-18(20)25(33)31(22)28-14-16-11-19(27)24(21(12-16)35-4-2)36-15-23(32)30-7-9-34-10-8-30/h5-6,11-14H,3-4,7-10,15H2,1-2H3. The lowest BCUT2D eigenvalue weighted by atomic mass is 10.2. The van der Waals surface area contributed by atoms with Crippen molar-refractivity contribution in [2.75, 3.05) is 39.5 Å². The van der Waals surface area contributed by atoms with Crippen LogP contribution >= 0.6 is 31.9 Å². The van der Waals surface area contributed by atoms with Crippen molar-refractivity contribution >= 4 is 54.9 Å². The molecule has 1 aliphatic rings. The molecule has 9 nitrogen and oxygen atoms in total. The van der Waals surface area contributed by atoms with Crippen molar-refractivity contribution < 1.29 is 19.0 Å². The number of nitrogens with zero attached hydrogens (tertiary/aromatic N) is 4. The van der Waals surface area contributed by atoms with Gasteiger partial charge < -0.3 is 19.1 Å². The summed E-state index contributed by atoms with van der Waals surface area (Å²) < 4.78 is 19.6. The lowest BCUT2D eigenvalue weighted by Crippen LogP contribution is -2.43. The Kier molecular flexibility index (Phi) is 8.76. The second-order valence-corrected chi connectivity index (χ2v) is 9.72. The number of carbonyl (C=O) groups excluding carboxylic acids is 1. The number of carbonyl (C=O) groups is 1. The fraction of sp³-hybridized carbons (Fsp3) is 0.360. The van der Waals surface area contributed by atoms with E-state index in [1.807, 2.05) is 26.0 Å². The summed E-state index contributed by atoms with van der Waals surface area (Å²) in [4.78, 5) is 32.0. The average molecular weight is 622 g/mol. The topological polar surface area (TPSA) is 95.2 Å². The van der Waals surface area contributed by atoms with Crippen LogP contribution in [0.1, 0.15) is 25.2 Å². The molecule has 1 amide bonds. The average Bonchev–Trinajstić information content (AvgIpc) is 2.88. The number of hydrogen-bond donors (Lipinski definition) is 0. The van der Waals surface area contributed by atoms with Gasteiger partial charge in [0.2, 0.25) is 0 Å². The van der Waals surface area contributed by atoms with Crippen molar-refractivity contribution in [2.45, 2.75) is 20.3 Å². The van der Waals surface area contributed by atoms with Crippen molar-refractivity contribution in [3.05, 3.63) is 61.0 Å². The predicted molar refractivity (Wildman–Crippen MR) is 144 cm³/mol. The van der Waals surface area contributed by atoms with Crippen LogP contribution in [0.5, 0.6) is 11.5 Å². The number of benzene rings is 2. The molecule has 3 aromatic rings. The summed E-state index contributed by atoms with van der Waals surface area (Å²) in [7, 11) is 0. The molecule has 0 unspecified atom stereocenters. The third-order valence-corrected chi connectivity index (χ3v) is 6.63. The highest BCUT2D eigenvalue weighted by atomic mass is 79.9. The second kappa shape index (κ2) is 12.0. The fourth-order valence-corrected chi connectivity index (χ4v) is 4.71. The number of amides is 1. The van der Waals surface area contributed by atoms with E-state index in [9.17, 15) is 9.59 Å². The van der Waals surface area contributed by atoms with E-state index in [2.05, 4.69) is 41.9 Å². The number of hydrogen-bond acceptors (Lipinski definition) is 7. The molecule has 0 bridgehead atoms. The van der Waals surface area contributed by atoms with E-state index in [1.54, 1.807) is 29.3 Å². The normalized spacial score (nSPS) is 13.9. The summed E-state index contributed by atoms with van der Waals surface area (Å²) in [5, 5.41) is 4.92. The maximum atomic E-state index is 13.1. The van der Waals surface area contributed by atoms with Gasteiger partial charge in [0.05, 0.1) is 41.4 Å². The molecular formula is C25H26Br2N4O5. The van der Waals surface area contributed by atoms with Crippen LogP contribution in [-0.4, -0.2) is 66.2 Å². The fourth-order valence-electron chi connectivity index (χ4n) is 3.77. The number of morpholine rings is 1. The maximum Gasteiger partial charge on any atom is 0.282 e. The quantitative estimate of drug-likeness (QED) is 0.353. The van der Waals surface area contributed by atoms with Gasteiger partial charge in [0, 0.05) is 24.0 Å². The lowest BCUT2D eigenvalue weighted by Gasteiger charge is -2.27. The third-order valence-electron chi connectivity index (χ3n) is 5.55. The third kappa shape index (κ3) is 5.96. The molecule has 2 heterocycles. The molecule has 0 saturated carbocycles. The first-order valence-corrected chi connectivity index (χ1v) is 13.2. The summed E-state index contributed by atoms with van der Waals surface area (Å²) in [6.07, 6.45) is 2.11. The second-order valence-electron chi connectivity index (χ2n) is 7.95. The van der Waals surface area contributed by atoms with Crippen LogP contribution in [0.15, 0.2) is 49.2 Å². The highest BCUT2D eigenvalue weighted by Crippen LogP contribution is 2.36. The first-order chi connectivity index (χ1) is 17.4. The summed E-state index contributed by atoms with van der Waals surface area (Å²) in [5.74, 6) is 1.34. The van der Waals surface area contributed by atoms with Gasteiger partial charge in [0.15, 0.2) is 18.1 Å². The maximum absolute atomic E-state index is 13.1. The van der Waals surface area contributed by atoms with Gasteiger partial charge in [0.1, 0.15) is 5.82 Å². The summed E-state index contributed by atoms with van der Waals surface area (Å²) >= 11 is 6.94. The molecule has 0 aliphatic carbocycles. The Morgan fingerprint density at radius 1 is 1.17 bits per heavy atom. The van der Waals surface area contributed by atoms with E-state index in [-0.39, 0.29) is 18.1 Å². The Morgan fingerprint density at radius 3 is 2.67 bits per heavy atom. The van der Waals surface area contributed by atoms with Gasteiger partial charge in [0.25, 0.3) is 11.5 Å². The molecule has 4 rings (SSSR count). The van der Waals surface area contributed by atoms with Gasteiger partial charge >= 0.3 is 0 Å². The summed E-state index contributed by atoms with van der Waals surface area (Å²) in [6.45, 7) is 6.24. The number of rotatable bonds is 8. The zero-order chi connectivity index (χ0) is 25.7. The van der Waals surface area contributed by atoms with Crippen LogP contribution in [0.3, 0.4) is 0 Å². The van der Waals surface area contributed by atoms with Gasteiger partial charge in [-0.25, -0.2) is 4.98 Å². The number of halogens is 2. The summed E-state index contributed by atoms with van der Waals surface area (Å²) in [5.41, 5.74) is 1.06. The van der Waals surface area contributed by atoms with Crippen LogP contribution in [0.4, 0.5) is 0 Å². The zero-order valence-electron chi connectivity index (χ0n) is 20.0. The van der Waals surface area contributed by atoms with E-state index in [0.29, 0.717) is 77.6 Å². The number of ether oxygens (including phenoxy) is 3.